The highest BCUT2D eigenvalue weighted by molar-refractivity contribution is 7.20. The fourth-order valence-electron chi connectivity index (χ4n) is 3.71. The summed E-state index contributed by atoms with van der Waals surface area (Å²) in [5.74, 6) is 0.375. The average Bonchev–Trinajstić information content (AvgIpc) is 3.27. The molecule has 1 saturated heterocycles. The van der Waals surface area contributed by atoms with Gasteiger partial charge in [0, 0.05) is 24.2 Å². The highest BCUT2D eigenvalue weighted by Gasteiger charge is 2.29. The molecule has 0 atom stereocenters. The number of hydrogen-bond acceptors (Lipinski definition) is 7. The number of fused-ring (bicyclic) bond motifs is 1. The molecule has 3 aromatic rings. The summed E-state index contributed by atoms with van der Waals surface area (Å²) >= 11 is 1.52. The number of imidazole rings is 1. The normalized spacial score (nSPS) is 15.5. The minimum atomic E-state index is -0.276. The lowest BCUT2D eigenvalue weighted by atomic mass is 9.97. The Morgan fingerprint density at radius 1 is 1.26 bits per heavy atom. The lowest BCUT2D eigenvalue weighted by molar-refractivity contribution is -0.148. The van der Waals surface area contributed by atoms with Crippen LogP contribution in [0, 0.1) is 11.7 Å². The van der Waals surface area contributed by atoms with Gasteiger partial charge < -0.3 is 15.0 Å². The number of aromatic nitrogens is 3. The van der Waals surface area contributed by atoms with E-state index in [1.165, 1.54) is 23.5 Å². The molecule has 1 aromatic carbocycles. The Morgan fingerprint density at radius 3 is 2.55 bits per heavy atom. The molecule has 0 aliphatic carbocycles. The highest BCUT2D eigenvalue weighted by atomic mass is 32.1. The molecule has 31 heavy (non-hydrogen) atoms. The summed E-state index contributed by atoms with van der Waals surface area (Å²) in [6.07, 6.45) is 1.52. The minimum absolute atomic E-state index is 0.0385. The molecule has 1 fully saturated rings. The van der Waals surface area contributed by atoms with Gasteiger partial charge in [-0.15, -0.1) is 5.10 Å². The standard InChI is InChI=1S/C22H28FN5O2S/c1-5-30-19(29)15-10-12-27(13-11-15)21-26-28-18(25-22(2,3)4)17(24-20(28)31-21)14-6-8-16(23)9-7-14/h6-9,15,25H,5,10-13H2,1-4H3. The first-order chi connectivity index (χ1) is 14.7. The van der Waals surface area contributed by atoms with Crippen LogP contribution in [-0.4, -0.2) is 45.8 Å². The monoisotopic (exact) mass is 445 g/mol. The number of rotatable bonds is 5. The third kappa shape index (κ3) is 4.66. The van der Waals surface area contributed by atoms with Crippen LogP contribution < -0.4 is 10.2 Å². The van der Waals surface area contributed by atoms with E-state index < -0.39 is 0 Å². The first-order valence-electron chi connectivity index (χ1n) is 10.6. The summed E-state index contributed by atoms with van der Waals surface area (Å²) in [6.45, 7) is 10.0. The predicted octanol–water partition coefficient (Wildman–Crippen LogP) is 4.59. The molecule has 7 nitrogen and oxygen atoms in total. The molecule has 9 heteroatoms. The van der Waals surface area contributed by atoms with E-state index in [1.807, 2.05) is 11.4 Å². The summed E-state index contributed by atoms with van der Waals surface area (Å²) in [4.78, 5) is 19.8. The number of esters is 1. The Balaban J connectivity index is 1.62. The number of benzene rings is 1. The summed E-state index contributed by atoms with van der Waals surface area (Å²) in [7, 11) is 0. The van der Waals surface area contributed by atoms with Crippen LogP contribution >= 0.6 is 11.3 Å². The van der Waals surface area contributed by atoms with Crippen molar-refractivity contribution in [3.63, 3.8) is 0 Å². The van der Waals surface area contributed by atoms with Gasteiger partial charge in [0.1, 0.15) is 11.5 Å². The first-order valence-corrected chi connectivity index (χ1v) is 11.4. The number of nitrogens with one attached hydrogen (secondary N) is 1. The molecule has 4 rings (SSSR count). The molecule has 0 spiro atoms. The first kappa shape index (κ1) is 21.5. The zero-order chi connectivity index (χ0) is 22.2. The van der Waals surface area contributed by atoms with Gasteiger partial charge in [0.15, 0.2) is 5.82 Å². The van der Waals surface area contributed by atoms with E-state index in [4.69, 9.17) is 14.8 Å². The van der Waals surface area contributed by atoms with Crippen molar-refractivity contribution in [1.82, 2.24) is 14.6 Å². The van der Waals surface area contributed by atoms with Crippen LogP contribution in [0.2, 0.25) is 0 Å². The van der Waals surface area contributed by atoms with Crippen LogP contribution in [0.3, 0.4) is 0 Å². The lowest BCUT2D eigenvalue weighted by Crippen LogP contribution is -2.37. The van der Waals surface area contributed by atoms with Gasteiger partial charge in [0.05, 0.1) is 12.5 Å². The van der Waals surface area contributed by atoms with E-state index in [0.717, 1.165) is 53.1 Å². The Bertz CT molecular complexity index is 1060. The summed E-state index contributed by atoms with van der Waals surface area (Å²) in [6, 6.07) is 6.35. The molecule has 1 N–H and O–H groups in total. The molecule has 0 amide bonds. The maximum absolute atomic E-state index is 13.4. The fraction of sp³-hybridized carbons (Fsp3) is 0.500. The SMILES string of the molecule is CCOC(=O)C1CCN(c2nn3c(NC(C)(C)C)c(-c4ccc(F)cc4)nc3s2)CC1. The molecule has 2 aromatic heterocycles. The molecule has 1 aliphatic rings. The molecular formula is C22H28FN5O2S. The van der Waals surface area contributed by atoms with Crippen molar-refractivity contribution in [3.8, 4) is 11.3 Å². The van der Waals surface area contributed by atoms with Crippen LogP contribution in [0.25, 0.3) is 16.2 Å². The van der Waals surface area contributed by atoms with Crippen LogP contribution in [0.1, 0.15) is 40.5 Å². The quantitative estimate of drug-likeness (QED) is 0.580. The van der Waals surface area contributed by atoms with Gasteiger partial charge in [0.25, 0.3) is 0 Å². The molecule has 0 saturated carbocycles. The van der Waals surface area contributed by atoms with Gasteiger partial charge in [-0.05, 0) is 64.8 Å². The van der Waals surface area contributed by atoms with Gasteiger partial charge in [-0.25, -0.2) is 9.37 Å². The largest absolute Gasteiger partial charge is 0.466 e. The molecule has 0 unspecified atom stereocenters. The maximum atomic E-state index is 13.4. The van der Waals surface area contributed by atoms with Crippen molar-refractivity contribution in [2.45, 2.75) is 46.1 Å². The molecule has 0 bridgehead atoms. The number of carbonyl (C=O) groups excluding carboxylic acids is 1. The average molecular weight is 446 g/mol. The number of piperidine rings is 1. The maximum Gasteiger partial charge on any atom is 0.309 e. The molecular weight excluding hydrogens is 417 g/mol. The number of nitrogens with zero attached hydrogens (tertiary/aromatic N) is 4. The Kier molecular flexibility index (Phi) is 5.88. The van der Waals surface area contributed by atoms with E-state index in [9.17, 15) is 9.18 Å². The van der Waals surface area contributed by atoms with E-state index in [2.05, 4.69) is 31.0 Å². The second-order valence-corrected chi connectivity index (χ2v) is 9.72. The zero-order valence-corrected chi connectivity index (χ0v) is 19.1. The Labute approximate surface area is 185 Å². The van der Waals surface area contributed by atoms with Gasteiger partial charge in [-0.3, -0.25) is 4.79 Å². The van der Waals surface area contributed by atoms with Crippen LogP contribution in [0.4, 0.5) is 15.3 Å². The minimum Gasteiger partial charge on any atom is -0.466 e. The summed E-state index contributed by atoms with van der Waals surface area (Å²) in [5.41, 5.74) is 1.39. The van der Waals surface area contributed by atoms with Gasteiger partial charge >= 0.3 is 5.97 Å². The van der Waals surface area contributed by atoms with Crippen molar-refractivity contribution in [1.29, 1.82) is 0 Å². The van der Waals surface area contributed by atoms with Crippen LogP contribution in [0.5, 0.6) is 0 Å². The molecule has 1 aliphatic heterocycles. The van der Waals surface area contributed by atoms with E-state index >= 15 is 0 Å². The van der Waals surface area contributed by atoms with Crippen molar-refractivity contribution in [3.05, 3.63) is 30.1 Å². The number of ether oxygens (including phenoxy) is 1. The number of anilines is 2. The van der Waals surface area contributed by atoms with E-state index in [1.54, 1.807) is 12.1 Å². The lowest BCUT2D eigenvalue weighted by Gasteiger charge is -2.30. The van der Waals surface area contributed by atoms with Crippen molar-refractivity contribution >= 4 is 33.2 Å². The predicted molar refractivity (Wildman–Crippen MR) is 121 cm³/mol. The van der Waals surface area contributed by atoms with E-state index in [0.29, 0.717) is 6.61 Å². The van der Waals surface area contributed by atoms with Crippen LogP contribution in [-0.2, 0) is 9.53 Å². The fourth-order valence-corrected chi connectivity index (χ4v) is 4.66. The second-order valence-electron chi connectivity index (χ2n) is 8.78. The number of carbonyl (C=O) groups is 1. The number of halogens is 1. The van der Waals surface area contributed by atoms with Crippen molar-refractivity contribution in [2.75, 3.05) is 29.9 Å². The molecule has 166 valence electrons. The smallest absolute Gasteiger partial charge is 0.309 e. The summed E-state index contributed by atoms with van der Waals surface area (Å²) in [5, 5.41) is 9.23. The van der Waals surface area contributed by atoms with Crippen molar-refractivity contribution in [2.24, 2.45) is 5.92 Å². The molecule has 0 radical (unpaired) electrons. The zero-order valence-electron chi connectivity index (χ0n) is 18.3. The molecule has 3 heterocycles. The van der Waals surface area contributed by atoms with Gasteiger partial charge in [-0.2, -0.15) is 4.52 Å². The third-order valence-electron chi connectivity index (χ3n) is 5.19. The Hall–Kier alpha value is -2.68. The number of hydrogen-bond donors (Lipinski definition) is 1. The second kappa shape index (κ2) is 8.45. The summed E-state index contributed by atoms with van der Waals surface area (Å²) < 4.78 is 20.4. The van der Waals surface area contributed by atoms with E-state index in [-0.39, 0.29) is 23.2 Å². The van der Waals surface area contributed by atoms with Gasteiger partial charge in [0.2, 0.25) is 10.1 Å². The Morgan fingerprint density at radius 2 is 1.94 bits per heavy atom. The van der Waals surface area contributed by atoms with Gasteiger partial charge in [-0.1, -0.05) is 11.3 Å². The van der Waals surface area contributed by atoms with Crippen molar-refractivity contribution < 1.29 is 13.9 Å². The highest BCUT2D eigenvalue weighted by Crippen LogP contribution is 2.35. The topological polar surface area (TPSA) is 71.8 Å². The third-order valence-corrected chi connectivity index (χ3v) is 6.16. The van der Waals surface area contributed by atoms with Crippen LogP contribution in [0.15, 0.2) is 24.3 Å².